The Balaban J connectivity index is 1.11. The molecule has 4 aliphatic rings. The number of benzene rings is 8. The van der Waals surface area contributed by atoms with E-state index in [2.05, 4.69) is 213 Å². The van der Waals surface area contributed by atoms with Gasteiger partial charge in [0.2, 0.25) is 0 Å². The largest absolute Gasteiger partial charge is 0.311 e. The van der Waals surface area contributed by atoms with E-state index in [9.17, 15) is 0 Å². The fourth-order valence-corrected chi connectivity index (χ4v) is 12.5. The molecule has 0 amide bonds. The van der Waals surface area contributed by atoms with Crippen molar-refractivity contribution in [2.24, 2.45) is 0 Å². The zero-order valence-corrected chi connectivity index (χ0v) is 34.0. The van der Waals surface area contributed by atoms with Crippen molar-refractivity contribution in [3.63, 3.8) is 0 Å². The van der Waals surface area contributed by atoms with E-state index in [-0.39, 0.29) is 12.1 Å². The molecule has 2 aliphatic carbocycles. The summed E-state index contributed by atoms with van der Waals surface area (Å²) in [5.41, 5.74) is 22.0. The van der Waals surface area contributed by atoms with E-state index in [1.54, 1.807) is 0 Å². The van der Waals surface area contributed by atoms with Crippen LogP contribution in [0.25, 0.3) is 32.3 Å². The van der Waals surface area contributed by atoms with Crippen molar-refractivity contribution in [3.8, 4) is 22.3 Å². The maximum atomic E-state index is 2.60. The van der Waals surface area contributed by atoms with Gasteiger partial charge in [-0.25, -0.2) is 0 Å². The van der Waals surface area contributed by atoms with Crippen LogP contribution in [0.15, 0.2) is 182 Å². The Morgan fingerprint density at radius 1 is 0.475 bits per heavy atom. The molecule has 9 aromatic rings. The lowest BCUT2D eigenvalue weighted by atomic mass is 9.36. The summed E-state index contributed by atoms with van der Waals surface area (Å²) in [7, 11) is 0. The zero-order chi connectivity index (χ0) is 39.2. The lowest BCUT2D eigenvalue weighted by Gasteiger charge is -2.43. The van der Waals surface area contributed by atoms with Crippen molar-refractivity contribution >= 4 is 78.0 Å². The molecule has 1 aromatic heterocycles. The second-order valence-electron chi connectivity index (χ2n) is 17.6. The first-order valence-corrected chi connectivity index (χ1v) is 21.6. The molecular weight excluding hydrogens is 731 g/mol. The van der Waals surface area contributed by atoms with Crippen LogP contribution in [0, 0.1) is 0 Å². The topological polar surface area (TPSA) is 6.48 Å². The third-order valence-electron chi connectivity index (χ3n) is 13.6. The van der Waals surface area contributed by atoms with E-state index < -0.39 is 5.41 Å². The number of anilines is 6. The molecule has 3 heterocycles. The first-order chi connectivity index (χ1) is 28.9. The van der Waals surface area contributed by atoms with Gasteiger partial charge in [0.25, 0.3) is 6.71 Å². The summed E-state index contributed by atoms with van der Waals surface area (Å²) in [6.45, 7) is 6.95. The molecule has 0 radical (unpaired) electrons. The molecule has 13 rings (SSSR count). The summed E-state index contributed by atoms with van der Waals surface area (Å²) in [6, 6.07) is 69.0. The second kappa shape index (κ2) is 11.7. The number of thiophene rings is 1. The van der Waals surface area contributed by atoms with Crippen molar-refractivity contribution in [2.45, 2.75) is 31.6 Å². The summed E-state index contributed by atoms with van der Waals surface area (Å²) in [6.07, 6.45) is 0. The molecule has 0 saturated heterocycles. The van der Waals surface area contributed by atoms with Crippen molar-refractivity contribution < 1.29 is 0 Å². The molecule has 4 heteroatoms. The van der Waals surface area contributed by atoms with Gasteiger partial charge in [-0.15, -0.1) is 11.3 Å². The Labute approximate surface area is 349 Å². The minimum absolute atomic E-state index is 0.0789. The average Bonchev–Trinajstić information content (AvgIpc) is 3.89. The molecule has 0 atom stereocenters. The standard InChI is InChI=1S/C55H39BN2S/c1-54(2,3)34-28-30-36(31-29-34)57-47-25-14-13-24-46(47)56-51-48(57)26-15-27-49(51)58(35-16-5-4-6-17-35)52-41-32-45-40(33-50(41)59-53(52)56)39-20-9-12-23-44(39)55(45)42-21-10-7-18-37(42)38-19-8-11-22-43(38)55/h4-33H,1-3H3. The highest BCUT2D eigenvalue weighted by Gasteiger charge is 2.52. The number of nitrogens with zero attached hydrogens (tertiary/aromatic N) is 2. The van der Waals surface area contributed by atoms with Gasteiger partial charge >= 0.3 is 0 Å². The van der Waals surface area contributed by atoms with E-state index in [4.69, 9.17) is 0 Å². The molecule has 0 saturated carbocycles. The predicted octanol–water partition coefficient (Wildman–Crippen LogP) is 12.6. The number of para-hydroxylation sites is 2. The van der Waals surface area contributed by atoms with Gasteiger partial charge in [-0.2, -0.15) is 0 Å². The molecule has 1 spiro atoms. The Hall–Kier alpha value is -6.62. The smallest absolute Gasteiger partial charge is 0.264 e. The Morgan fingerprint density at radius 2 is 1.02 bits per heavy atom. The first-order valence-electron chi connectivity index (χ1n) is 20.8. The van der Waals surface area contributed by atoms with Gasteiger partial charge in [0.05, 0.1) is 11.1 Å². The Morgan fingerprint density at radius 3 is 1.68 bits per heavy atom. The van der Waals surface area contributed by atoms with Crippen LogP contribution in [0.2, 0.25) is 0 Å². The highest BCUT2D eigenvalue weighted by Crippen LogP contribution is 2.64. The van der Waals surface area contributed by atoms with Gasteiger partial charge in [-0.3, -0.25) is 0 Å². The van der Waals surface area contributed by atoms with Crippen LogP contribution >= 0.6 is 11.3 Å². The summed E-state index contributed by atoms with van der Waals surface area (Å²) in [5.74, 6) is 0. The van der Waals surface area contributed by atoms with Crippen molar-refractivity contribution in [1.29, 1.82) is 0 Å². The van der Waals surface area contributed by atoms with Crippen LogP contribution in [-0.2, 0) is 10.8 Å². The molecule has 0 bridgehead atoms. The second-order valence-corrected chi connectivity index (χ2v) is 18.7. The fourth-order valence-electron chi connectivity index (χ4n) is 11.2. The van der Waals surface area contributed by atoms with Crippen molar-refractivity contribution in [1.82, 2.24) is 0 Å². The van der Waals surface area contributed by atoms with E-state index in [1.807, 2.05) is 11.3 Å². The minimum Gasteiger partial charge on any atom is -0.311 e. The highest BCUT2D eigenvalue weighted by molar-refractivity contribution is 7.33. The van der Waals surface area contributed by atoms with Gasteiger partial charge in [-0.1, -0.05) is 148 Å². The molecule has 278 valence electrons. The van der Waals surface area contributed by atoms with Crippen LogP contribution < -0.4 is 25.5 Å². The SMILES string of the molecule is CC(C)(C)c1ccc(N2c3ccccc3B3c4sc5cc6c(cc5c4N(c4ccccc4)c4cccc2c43)C2(c3ccccc3-c3ccccc32)c2ccccc2-6)cc1. The summed E-state index contributed by atoms with van der Waals surface area (Å²) in [4.78, 5) is 5.08. The van der Waals surface area contributed by atoms with Gasteiger partial charge in [0.15, 0.2) is 0 Å². The molecule has 2 aliphatic heterocycles. The molecule has 0 unspecified atom stereocenters. The molecule has 0 fully saturated rings. The maximum absolute atomic E-state index is 2.60. The molecule has 59 heavy (non-hydrogen) atoms. The van der Waals surface area contributed by atoms with Crippen LogP contribution in [0.4, 0.5) is 34.1 Å². The van der Waals surface area contributed by atoms with Crippen molar-refractivity contribution in [3.05, 3.63) is 210 Å². The van der Waals surface area contributed by atoms with Crippen LogP contribution in [0.3, 0.4) is 0 Å². The number of hydrogen-bond donors (Lipinski definition) is 0. The Kier molecular flexibility index (Phi) is 6.64. The molecule has 8 aromatic carbocycles. The lowest BCUT2D eigenvalue weighted by Crippen LogP contribution is -2.60. The lowest BCUT2D eigenvalue weighted by molar-refractivity contribution is 0.590. The number of fused-ring (bicyclic) bond motifs is 16. The predicted molar refractivity (Wildman–Crippen MR) is 251 cm³/mol. The highest BCUT2D eigenvalue weighted by atomic mass is 32.1. The van der Waals surface area contributed by atoms with Crippen LogP contribution in [0.5, 0.6) is 0 Å². The maximum Gasteiger partial charge on any atom is 0.264 e. The van der Waals surface area contributed by atoms with Gasteiger partial charge in [0.1, 0.15) is 0 Å². The van der Waals surface area contributed by atoms with Gasteiger partial charge in [0, 0.05) is 43.3 Å². The number of rotatable bonds is 2. The van der Waals surface area contributed by atoms with E-state index in [0.717, 1.165) is 0 Å². The summed E-state index contributed by atoms with van der Waals surface area (Å²) >= 11 is 1.99. The van der Waals surface area contributed by atoms with E-state index in [0.29, 0.717) is 0 Å². The molecular formula is C55H39BN2S. The fraction of sp³-hybridized carbons (Fsp3) is 0.0909. The van der Waals surface area contributed by atoms with Gasteiger partial charge in [-0.05, 0) is 121 Å². The van der Waals surface area contributed by atoms with Crippen LogP contribution in [0.1, 0.15) is 48.6 Å². The van der Waals surface area contributed by atoms with Crippen molar-refractivity contribution in [2.75, 3.05) is 9.80 Å². The quantitative estimate of drug-likeness (QED) is 0.162. The third kappa shape index (κ3) is 4.27. The van der Waals surface area contributed by atoms with Crippen LogP contribution in [-0.4, -0.2) is 6.71 Å². The van der Waals surface area contributed by atoms with E-state index >= 15 is 0 Å². The average molecular weight is 771 g/mol. The molecule has 0 N–H and O–H groups in total. The van der Waals surface area contributed by atoms with Gasteiger partial charge < -0.3 is 9.80 Å². The normalized spacial score (nSPS) is 14.7. The van der Waals surface area contributed by atoms with E-state index in [1.165, 1.54) is 110 Å². The summed E-state index contributed by atoms with van der Waals surface area (Å²) < 4.78 is 2.73. The monoisotopic (exact) mass is 770 g/mol. The Bertz CT molecular complexity index is 3180. The zero-order valence-electron chi connectivity index (χ0n) is 33.2. The molecule has 2 nitrogen and oxygen atoms in total. The summed E-state index contributed by atoms with van der Waals surface area (Å²) in [5, 5.41) is 1.32. The third-order valence-corrected chi connectivity index (χ3v) is 14.8. The number of hydrogen-bond acceptors (Lipinski definition) is 3. The first kappa shape index (κ1) is 33.4. The minimum atomic E-state index is -0.403.